The molecule has 0 saturated heterocycles. The summed E-state index contributed by atoms with van der Waals surface area (Å²) in [5.41, 5.74) is 6.89. The molecule has 1 saturated carbocycles. The zero-order valence-electron chi connectivity index (χ0n) is 13.3. The normalized spacial score (nSPS) is 25.6. The van der Waals surface area contributed by atoms with Crippen LogP contribution in [-0.2, 0) is 11.3 Å². The van der Waals surface area contributed by atoms with Crippen molar-refractivity contribution in [2.24, 2.45) is 11.7 Å². The second kappa shape index (κ2) is 6.84. The van der Waals surface area contributed by atoms with Crippen LogP contribution in [0.25, 0.3) is 0 Å². The fourth-order valence-electron chi connectivity index (χ4n) is 3.24. The number of thioether (sulfide) groups is 1. The number of carbonyl (C=O) groups is 1. The average Bonchev–Trinajstić information content (AvgIpc) is 2.47. The Hall–Kier alpha value is -1.00. The minimum Gasteiger partial charge on any atom is -0.340 e. The number of nitrogens with zero attached hydrogens (tertiary/aromatic N) is 1. The minimum absolute atomic E-state index is 0.0861. The van der Waals surface area contributed by atoms with Crippen molar-refractivity contribution in [2.75, 3.05) is 13.3 Å². The molecule has 2 unspecified atom stereocenters. The zero-order chi connectivity index (χ0) is 15.5. The van der Waals surface area contributed by atoms with E-state index in [2.05, 4.69) is 37.4 Å². The maximum absolute atomic E-state index is 12.7. The number of hydrogen-bond acceptors (Lipinski definition) is 3. The summed E-state index contributed by atoms with van der Waals surface area (Å²) in [6.07, 6.45) is 5.92. The van der Waals surface area contributed by atoms with Crippen molar-refractivity contribution in [2.45, 2.75) is 49.6 Å². The number of nitrogens with two attached hydrogens (primary N) is 1. The summed E-state index contributed by atoms with van der Waals surface area (Å²) in [7, 11) is 1.86. The van der Waals surface area contributed by atoms with Crippen LogP contribution in [0.5, 0.6) is 0 Å². The van der Waals surface area contributed by atoms with Gasteiger partial charge in [0.15, 0.2) is 0 Å². The molecule has 2 rings (SSSR count). The van der Waals surface area contributed by atoms with E-state index in [0.717, 1.165) is 24.8 Å². The quantitative estimate of drug-likeness (QED) is 0.868. The van der Waals surface area contributed by atoms with E-state index < -0.39 is 5.54 Å². The van der Waals surface area contributed by atoms with Crippen LogP contribution < -0.4 is 5.73 Å². The maximum Gasteiger partial charge on any atom is 0.242 e. The molecule has 0 bridgehead atoms. The van der Waals surface area contributed by atoms with Crippen molar-refractivity contribution in [1.82, 2.24) is 4.90 Å². The molecular weight excluding hydrogens is 280 g/mol. The molecule has 0 radical (unpaired) electrons. The van der Waals surface area contributed by atoms with E-state index in [9.17, 15) is 4.79 Å². The summed E-state index contributed by atoms with van der Waals surface area (Å²) < 4.78 is 0. The largest absolute Gasteiger partial charge is 0.340 e. The first-order valence-corrected chi connectivity index (χ1v) is 8.84. The predicted octanol–water partition coefficient (Wildman–Crippen LogP) is 3.27. The molecule has 4 heteroatoms. The second-order valence-corrected chi connectivity index (χ2v) is 7.25. The van der Waals surface area contributed by atoms with Crippen LogP contribution in [-0.4, -0.2) is 29.6 Å². The van der Waals surface area contributed by atoms with E-state index in [-0.39, 0.29) is 5.91 Å². The third-order valence-corrected chi connectivity index (χ3v) is 5.13. The number of amides is 1. The second-order valence-electron chi connectivity index (χ2n) is 6.37. The number of likely N-dealkylation sites (N-methyl/N-ethyl adjacent to an activating group) is 1. The third kappa shape index (κ3) is 4.01. The number of hydrogen-bond donors (Lipinski definition) is 1. The van der Waals surface area contributed by atoms with Crippen LogP contribution in [0.4, 0.5) is 0 Å². The molecule has 3 nitrogen and oxygen atoms in total. The van der Waals surface area contributed by atoms with E-state index >= 15 is 0 Å². The summed E-state index contributed by atoms with van der Waals surface area (Å²) in [5, 5.41) is 0. The molecule has 0 aromatic heterocycles. The van der Waals surface area contributed by atoms with Crippen molar-refractivity contribution in [3.63, 3.8) is 0 Å². The van der Waals surface area contributed by atoms with Gasteiger partial charge in [0, 0.05) is 18.5 Å². The summed E-state index contributed by atoms with van der Waals surface area (Å²) in [6.45, 7) is 2.82. The van der Waals surface area contributed by atoms with E-state index in [1.54, 1.807) is 16.7 Å². The topological polar surface area (TPSA) is 46.3 Å². The highest BCUT2D eigenvalue weighted by molar-refractivity contribution is 7.98. The molecule has 21 heavy (non-hydrogen) atoms. The number of benzene rings is 1. The van der Waals surface area contributed by atoms with E-state index in [1.807, 2.05) is 7.05 Å². The van der Waals surface area contributed by atoms with Crippen LogP contribution in [0.2, 0.25) is 0 Å². The standard InChI is InChI=1S/C17H26N2OS/c1-13-5-4-10-17(18,11-13)16(20)19(2)12-14-6-8-15(21-3)9-7-14/h6-9,13H,4-5,10-12,18H2,1-3H3. The molecule has 2 N–H and O–H groups in total. The molecule has 1 aliphatic rings. The highest BCUT2D eigenvalue weighted by Crippen LogP contribution is 2.31. The Kier molecular flexibility index (Phi) is 5.33. The molecule has 1 aromatic carbocycles. The van der Waals surface area contributed by atoms with Gasteiger partial charge in [-0.2, -0.15) is 0 Å². The lowest BCUT2D eigenvalue weighted by atomic mass is 9.76. The molecule has 0 spiro atoms. The Bertz CT molecular complexity index is 488. The average molecular weight is 306 g/mol. The molecule has 0 aliphatic heterocycles. The predicted molar refractivity (Wildman–Crippen MR) is 89.2 cm³/mol. The Balaban J connectivity index is 2.01. The Morgan fingerprint density at radius 1 is 1.43 bits per heavy atom. The van der Waals surface area contributed by atoms with Crippen LogP contribution in [0, 0.1) is 5.92 Å². The highest BCUT2D eigenvalue weighted by Gasteiger charge is 2.39. The van der Waals surface area contributed by atoms with E-state index in [4.69, 9.17) is 5.73 Å². The zero-order valence-corrected chi connectivity index (χ0v) is 14.1. The van der Waals surface area contributed by atoms with Gasteiger partial charge >= 0.3 is 0 Å². The molecule has 116 valence electrons. The van der Waals surface area contributed by atoms with E-state index in [0.29, 0.717) is 12.5 Å². The summed E-state index contributed by atoms with van der Waals surface area (Å²) in [6, 6.07) is 8.36. The lowest BCUT2D eigenvalue weighted by molar-refractivity contribution is -0.138. The Morgan fingerprint density at radius 2 is 2.10 bits per heavy atom. The molecule has 1 aromatic rings. The summed E-state index contributed by atoms with van der Waals surface area (Å²) in [5.74, 6) is 0.630. The van der Waals surface area contributed by atoms with Crippen LogP contribution in [0.3, 0.4) is 0 Å². The highest BCUT2D eigenvalue weighted by atomic mass is 32.2. The van der Waals surface area contributed by atoms with Gasteiger partial charge in [-0.05, 0) is 42.7 Å². The van der Waals surface area contributed by atoms with Crippen molar-refractivity contribution < 1.29 is 4.79 Å². The Morgan fingerprint density at radius 3 is 2.67 bits per heavy atom. The lowest BCUT2D eigenvalue weighted by Crippen LogP contribution is -2.56. The van der Waals surface area contributed by atoms with Crippen LogP contribution in [0.1, 0.15) is 38.2 Å². The maximum atomic E-state index is 12.7. The van der Waals surface area contributed by atoms with Gasteiger partial charge in [0.25, 0.3) is 0 Å². The lowest BCUT2D eigenvalue weighted by Gasteiger charge is -2.38. The van der Waals surface area contributed by atoms with Gasteiger partial charge in [0.05, 0.1) is 5.54 Å². The first-order valence-electron chi connectivity index (χ1n) is 7.62. The molecular formula is C17H26N2OS. The van der Waals surface area contributed by atoms with Gasteiger partial charge < -0.3 is 10.6 Å². The van der Waals surface area contributed by atoms with E-state index in [1.165, 1.54) is 11.3 Å². The van der Waals surface area contributed by atoms with Crippen LogP contribution in [0.15, 0.2) is 29.2 Å². The van der Waals surface area contributed by atoms with Gasteiger partial charge in [0.2, 0.25) is 5.91 Å². The van der Waals surface area contributed by atoms with Gasteiger partial charge in [-0.1, -0.05) is 31.9 Å². The van der Waals surface area contributed by atoms with Crippen molar-refractivity contribution in [1.29, 1.82) is 0 Å². The minimum atomic E-state index is -0.661. The first-order chi connectivity index (χ1) is 9.94. The summed E-state index contributed by atoms with van der Waals surface area (Å²) in [4.78, 5) is 15.7. The van der Waals surface area contributed by atoms with Crippen LogP contribution >= 0.6 is 11.8 Å². The van der Waals surface area contributed by atoms with Crippen molar-refractivity contribution >= 4 is 17.7 Å². The fourth-order valence-corrected chi connectivity index (χ4v) is 3.65. The van der Waals surface area contributed by atoms with Crippen molar-refractivity contribution in [3.8, 4) is 0 Å². The number of carbonyl (C=O) groups excluding carboxylic acids is 1. The smallest absolute Gasteiger partial charge is 0.242 e. The first kappa shape index (κ1) is 16.4. The SMILES string of the molecule is CSc1ccc(CN(C)C(=O)C2(N)CCCC(C)C2)cc1. The fraction of sp³-hybridized carbons (Fsp3) is 0.588. The molecule has 1 amide bonds. The van der Waals surface area contributed by atoms with Gasteiger partial charge in [-0.15, -0.1) is 11.8 Å². The van der Waals surface area contributed by atoms with Gasteiger partial charge in [-0.25, -0.2) is 0 Å². The van der Waals surface area contributed by atoms with Crippen molar-refractivity contribution in [3.05, 3.63) is 29.8 Å². The monoisotopic (exact) mass is 306 g/mol. The Labute approximate surface area is 132 Å². The number of rotatable bonds is 4. The molecule has 1 fully saturated rings. The molecule has 1 aliphatic carbocycles. The molecule has 0 heterocycles. The van der Waals surface area contributed by atoms with Gasteiger partial charge in [-0.3, -0.25) is 4.79 Å². The third-order valence-electron chi connectivity index (χ3n) is 4.38. The molecule has 2 atom stereocenters. The van der Waals surface area contributed by atoms with Gasteiger partial charge in [0.1, 0.15) is 0 Å². The summed E-state index contributed by atoms with van der Waals surface area (Å²) >= 11 is 1.72.